The summed E-state index contributed by atoms with van der Waals surface area (Å²) < 4.78 is 0. The second-order valence-corrected chi connectivity index (χ2v) is 5.20. The van der Waals surface area contributed by atoms with E-state index in [9.17, 15) is 5.11 Å². The third-order valence-corrected chi connectivity index (χ3v) is 3.85. The highest BCUT2D eigenvalue weighted by molar-refractivity contribution is 5.57. The van der Waals surface area contributed by atoms with Crippen molar-refractivity contribution in [1.29, 1.82) is 0 Å². The van der Waals surface area contributed by atoms with Crippen molar-refractivity contribution in [2.75, 3.05) is 24.5 Å². The van der Waals surface area contributed by atoms with Crippen LogP contribution in [0.4, 0.5) is 5.95 Å². The van der Waals surface area contributed by atoms with E-state index in [1.165, 1.54) is 0 Å². The van der Waals surface area contributed by atoms with Crippen molar-refractivity contribution in [2.45, 2.75) is 12.8 Å². The molecule has 106 valence electrons. The van der Waals surface area contributed by atoms with E-state index in [0.717, 1.165) is 49.8 Å². The first-order valence-electron chi connectivity index (χ1n) is 6.93. The van der Waals surface area contributed by atoms with Gasteiger partial charge < -0.3 is 15.7 Å². The van der Waals surface area contributed by atoms with Crippen LogP contribution >= 0.6 is 0 Å². The zero-order valence-electron chi connectivity index (χ0n) is 11.3. The van der Waals surface area contributed by atoms with E-state index in [2.05, 4.69) is 20.1 Å². The lowest BCUT2D eigenvalue weighted by molar-refractivity contribution is 0.411. The Labute approximate surface area is 117 Å². The lowest BCUT2D eigenvalue weighted by atomic mass is 9.97. The van der Waals surface area contributed by atoms with Crippen LogP contribution in [-0.2, 0) is 0 Å². The summed E-state index contributed by atoms with van der Waals surface area (Å²) in [5.41, 5.74) is 6.62. The standard InChI is InChI=1S/C14H19N5O/c15-9-10-5-7-19(8-6-10)14-16-13(17-18-14)11-1-3-12(20)4-2-11/h1-4,10,20H,5-9,15H2,(H,16,17,18). The summed E-state index contributed by atoms with van der Waals surface area (Å²) in [4.78, 5) is 6.72. The Bertz CT molecular complexity index is 557. The number of nitrogens with zero attached hydrogens (tertiary/aromatic N) is 3. The maximum Gasteiger partial charge on any atom is 0.245 e. The molecule has 6 nitrogen and oxygen atoms in total. The number of nitrogens with two attached hydrogens (primary N) is 1. The highest BCUT2D eigenvalue weighted by Gasteiger charge is 2.21. The number of aromatic amines is 1. The van der Waals surface area contributed by atoms with Crippen LogP contribution in [0.15, 0.2) is 24.3 Å². The Kier molecular flexibility index (Phi) is 3.56. The van der Waals surface area contributed by atoms with Crippen molar-refractivity contribution in [1.82, 2.24) is 15.2 Å². The smallest absolute Gasteiger partial charge is 0.245 e. The van der Waals surface area contributed by atoms with Gasteiger partial charge in [0.2, 0.25) is 5.95 Å². The molecule has 0 unspecified atom stereocenters. The van der Waals surface area contributed by atoms with Crippen LogP contribution in [0.2, 0.25) is 0 Å². The topological polar surface area (TPSA) is 91.1 Å². The number of rotatable bonds is 3. The predicted octanol–water partition coefficient (Wildman–Crippen LogP) is 1.35. The number of hydrogen-bond acceptors (Lipinski definition) is 5. The van der Waals surface area contributed by atoms with Gasteiger partial charge in [-0.15, -0.1) is 5.10 Å². The zero-order valence-corrected chi connectivity index (χ0v) is 11.3. The molecule has 0 saturated carbocycles. The predicted molar refractivity (Wildman–Crippen MR) is 77.5 cm³/mol. The van der Waals surface area contributed by atoms with E-state index in [-0.39, 0.29) is 5.75 Å². The van der Waals surface area contributed by atoms with Crippen molar-refractivity contribution < 1.29 is 5.11 Å². The number of aromatic hydroxyl groups is 1. The Morgan fingerprint density at radius 2 is 1.95 bits per heavy atom. The fraction of sp³-hybridized carbons (Fsp3) is 0.429. The monoisotopic (exact) mass is 273 g/mol. The number of H-pyrrole nitrogens is 1. The first-order valence-corrected chi connectivity index (χ1v) is 6.93. The van der Waals surface area contributed by atoms with Crippen LogP contribution in [0.3, 0.4) is 0 Å². The van der Waals surface area contributed by atoms with Gasteiger partial charge in [0.1, 0.15) is 5.75 Å². The molecule has 1 aromatic heterocycles. The second-order valence-electron chi connectivity index (χ2n) is 5.20. The van der Waals surface area contributed by atoms with Gasteiger partial charge in [-0.05, 0) is 49.6 Å². The molecule has 0 bridgehead atoms. The Morgan fingerprint density at radius 1 is 1.25 bits per heavy atom. The summed E-state index contributed by atoms with van der Waals surface area (Å²) in [7, 11) is 0. The van der Waals surface area contributed by atoms with Crippen molar-refractivity contribution in [2.24, 2.45) is 11.7 Å². The minimum Gasteiger partial charge on any atom is -0.508 e. The summed E-state index contributed by atoms with van der Waals surface area (Å²) >= 11 is 0. The van der Waals surface area contributed by atoms with Gasteiger partial charge in [-0.25, -0.2) is 0 Å². The van der Waals surface area contributed by atoms with E-state index in [4.69, 9.17) is 5.73 Å². The maximum absolute atomic E-state index is 9.30. The van der Waals surface area contributed by atoms with Crippen LogP contribution < -0.4 is 10.6 Å². The average Bonchev–Trinajstić information content (AvgIpc) is 2.98. The molecular weight excluding hydrogens is 254 g/mol. The van der Waals surface area contributed by atoms with Gasteiger partial charge >= 0.3 is 0 Å². The zero-order chi connectivity index (χ0) is 13.9. The van der Waals surface area contributed by atoms with Gasteiger partial charge in [-0.2, -0.15) is 4.98 Å². The molecule has 2 aromatic rings. The molecule has 4 N–H and O–H groups in total. The van der Waals surface area contributed by atoms with Gasteiger partial charge in [0, 0.05) is 18.7 Å². The molecule has 1 aliphatic rings. The van der Waals surface area contributed by atoms with Gasteiger partial charge in [0.25, 0.3) is 0 Å². The molecule has 20 heavy (non-hydrogen) atoms. The largest absolute Gasteiger partial charge is 0.508 e. The van der Waals surface area contributed by atoms with E-state index >= 15 is 0 Å². The van der Waals surface area contributed by atoms with Crippen LogP contribution in [0.25, 0.3) is 11.4 Å². The molecule has 1 fully saturated rings. The number of hydrogen-bond donors (Lipinski definition) is 3. The third-order valence-electron chi connectivity index (χ3n) is 3.85. The molecular formula is C14H19N5O. The highest BCUT2D eigenvalue weighted by atomic mass is 16.3. The molecule has 0 spiro atoms. The molecule has 1 aromatic carbocycles. The van der Waals surface area contributed by atoms with Crippen molar-refractivity contribution in [3.05, 3.63) is 24.3 Å². The lowest BCUT2D eigenvalue weighted by Gasteiger charge is -2.30. The summed E-state index contributed by atoms with van der Waals surface area (Å²) in [6.45, 7) is 2.67. The van der Waals surface area contributed by atoms with Crippen LogP contribution in [-0.4, -0.2) is 39.9 Å². The molecule has 1 saturated heterocycles. The maximum atomic E-state index is 9.30. The Hall–Kier alpha value is -2.08. The molecule has 0 amide bonds. The SMILES string of the molecule is NCC1CCN(c2n[nH]c(-c3ccc(O)cc3)n2)CC1. The van der Waals surface area contributed by atoms with E-state index < -0.39 is 0 Å². The van der Waals surface area contributed by atoms with Crippen LogP contribution in [0.5, 0.6) is 5.75 Å². The summed E-state index contributed by atoms with van der Waals surface area (Å²) in [6.07, 6.45) is 2.19. The van der Waals surface area contributed by atoms with Gasteiger partial charge in [0.05, 0.1) is 0 Å². The number of phenols is 1. The van der Waals surface area contributed by atoms with E-state index in [1.807, 2.05) is 12.1 Å². The number of nitrogens with one attached hydrogen (secondary N) is 1. The normalized spacial score (nSPS) is 16.6. The van der Waals surface area contributed by atoms with Crippen molar-refractivity contribution in [3.63, 3.8) is 0 Å². The number of benzene rings is 1. The lowest BCUT2D eigenvalue weighted by Crippen LogP contribution is -2.36. The quantitative estimate of drug-likeness (QED) is 0.785. The first-order chi connectivity index (χ1) is 9.76. The fourth-order valence-corrected chi connectivity index (χ4v) is 2.51. The summed E-state index contributed by atoms with van der Waals surface area (Å²) in [5.74, 6) is 2.34. The van der Waals surface area contributed by atoms with E-state index in [1.54, 1.807) is 12.1 Å². The molecule has 1 aliphatic heterocycles. The Balaban J connectivity index is 1.72. The molecule has 6 heteroatoms. The molecule has 3 rings (SSSR count). The second kappa shape index (κ2) is 5.50. The molecule has 0 aliphatic carbocycles. The third kappa shape index (κ3) is 2.60. The van der Waals surface area contributed by atoms with Gasteiger partial charge in [-0.1, -0.05) is 0 Å². The molecule has 2 heterocycles. The number of piperidine rings is 1. The summed E-state index contributed by atoms with van der Waals surface area (Å²) in [5, 5.41) is 16.5. The molecule has 0 atom stereocenters. The van der Waals surface area contributed by atoms with Crippen LogP contribution in [0.1, 0.15) is 12.8 Å². The number of phenolic OH excluding ortho intramolecular Hbond substituents is 1. The minimum atomic E-state index is 0.248. The van der Waals surface area contributed by atoms with E-state index in [0.29, 0.717) is 5.92 Å². The van der Waals surface area contributed by atoms with Crippen molar-refractivity contribution >= 4 is 5.95 Å². The Morgan fingerprint density at radius 3 is 2.60 bits per heavy atom. The van der Waals surface area contributed by atoms with Crippen LogP contribution in [0, 0.1) is 5.92 Å². The van der Waals surface area contributed by atoms with Gasteiger partial charge in [-0.3, -0.25) is 5.10 Å². The summed E-state index contributed by atoms with van der Waals surface area (Å²) in [6, 6.07) is 6.93. The first kappa shape index (κ1) is 12.9. The van der Waals surface area contributed by atoms with Crippen molar-refractivity contribution in [3.8, 4) is 17.1 Å². The molecule has 0 radical (unpaired) electrons. The fourth-order valence-electron chi connectivity index (χ4n) is 2.51. The number of anilines is 1. The van der Waals surface area contributed by atoms with Gasteiger partial charge in [0.15, 0.2) is 5.82 Å². The average molecular weight is 273 g/mol. The highest BCUT2D eigenvalue weighted by Crippen LogP contribution is 2.23. The minimum absolute atomic E-state index is 0.248. The number of aromatic nitrogens is 3.